The molecule has 2 rings (SSSR count). The Morgan fingerprint density at radius 2 is 2.00 bits per heavy atom. The van der Waals surface area contributed by atoms with E-state index in [1.807, 2.05) is 0 Å². The number of hydrogen-bond acceptors (Lipinski definition) is 5. The van der Waals surface area contributed by atoms with Crippen molar-refractivity contribution in [3.8, 4) is 0 Å². The number of fused-ring (bicyclic) bond motifs is 1. The molecule has 0 aliphatic carbocycles. The lowest BCUT2D eigenvalue weighted by Gasteiger charge is -2.22. The lowest BCUT2D eigenvalue weighted by molar-refractivity contribution is -0.216. The molecule has 1 unspecified atom stereocenters. The van der Waals surface area contributed by atoms with E-state index in [-0.39, 0.29) is 12.7 Å². The minimum atomic E-state index is -0.714. The zero-order valence-corrected chi connectivity index (χ0v) is 8.34. The van der Waals surface area contributed by atoms with Gasteiger partial charge in [0.05, 0.1) is 6.10 Å². The lowest BCUT2D eigenvalue weighted by Crippen LogP contribution is -2.34. The highest BCUT2D eigenvalue weighted by molar-refractivity contribution is 4.92. The Hall–Kier alpha value is -0.200. The number of ether oxygens (including phenoxy) is 3. The van der Waals surface area contributed by atoms with Crippen LogP contribution in [0.15, 0.2) is 0 Å². The van der Waals surface area contributed by atoms with Crippen molar-refractivity contribution < 1.29 is 24.4 Å². The maximum Gasteiger partial charge on any atom is 0.190 e. The Labute approximate surface area is 82.6 Å². The zero-order valence-electron chi connectivity index (χ0n) is 8.34. The average molecular weight is 204 g/mol. The molecule has 2 aliphatic rings. The molecule has 4 atom stereocenters. The van der Waals surface area contributed by atoms with Crippen molar-refractivity contribution in [3.63, 3.8) is 0 Å². The monoisotopic (exact) mass is 204 g/mol. The van der Waals surface area contributed by atoms with Gasteiger partial charge in [-0.1, -0.05) is 0 Å². The molecule has 14 heavy (non-hydrogen) atoms. The second-order valence-electron chi connectivity index (χ2n) is 4.15. The molecule has 0 aromatic heterocycles. The molecule has 2 N–H and O–H groups in total. The molecule has 2 heterocycles. The Kier molecular flexibility index (Phi) is 2.53. The van der Waals surface area contributed by atoms with Crippen LogP contribution < -0.4 is 0 Å². The number of aliphatic hydroxyl groups excluding tert-OH is 2. The van der Waals surface area contributed by atoms with Gasteiger partial charge in [-0.15, -0.1) is 0 Å². The first-order valence-electron chi connectivity index (χ1n) is 4.83. The van der Waals surface area contributed by atoms with E-state index in [4.69, 9.17) is 19.3 Å². The zero-order chi connectivity index (χ0) is 10.3. The standard InChI is InChI=1S/C9H16O5/c1-9(2)13-7-6(11)5(3-4-10)12-8(7)14-9/h5-8,10-11H,3-4H2,1-2H3/t5-,6-,7?,8-/m1/s1. The third-order valence-electron chi connectivity index (χ3n) is 2.53. The topological polar surface area (TPSA) is 68.2 Å². The van der Waals surface area contributed by atoms with E-state index in [0.29, 0.717) is 6.42 Å². The largest absolute Gasteiger partial charge is 0.396 e. The highest BCUT2D eigenvalue weighted by Gasteiger charge is 2.53. The number of aliphatic hydroxyl groups is 2. The summed E-state index contributed by atoms with van der Waals surface area (Å²) in [5, 5.41) is 18.5. The van der Waals surface area contributed by atoms with Crippen LogP contribution in [0, 0.1) is 0 Å². The van der Waals surface area contributed by atoms with E-state index in [9.17, 15) is 5.11 Å². The van der Waals surface area contributed by atoms with Crippen molar-refractivity contribution in [1.82, 2.24) is 0 Å². The van der Waals surface area contributed by atoms with Crippen molar-refractivity contribution in [1.29, 1.82) is 0 Å². The summed E-state index contributed by atoms with van der Waals surface area (Å²) in [5.74, 6) is -0.694. The Morgan fingerprint density at radius 3 is 2.57 bits per heavy atom. The van der Waals surface area contributed by atoms with E-state index in [1.54, 1.807) is 13.8 Å². The first kappa shape index (κ1) is 10.3. The number of rotatable bonds is 2. The average Bonchev–Trinajstić information content (AvgIpc) is 2.50. The molecule has 2 saturated heterocycles. The summed E-state index contributed by atoms with van der Waals surface area (Å²) in [7, 11) is 0. The van der Waals surface area contributed by atoms with Crippen molar-refractivity contribution in [2.45, 2.75) is 50.7 Å². The molecule has 5 nitrogen and oxygen atoms in total. The Bertz CT molecular complexity index is 217. The molecule has 0 aromatic carbocycles. The van der Waals surface area contributed by atoms with Gasteiger partial charge in [-0.2, -0.15) is 0 Å². The van der Waals surface area contributed by atoms with E-state index in [1.165, 1.54) is 0 Å². The summed E-state index contributed by atoms with van der Waals surface area (Å²) in [6.45, 7) is 3.55. The molecule has 82 valence electrons. The third kappa shape index (κ3) is 1.66. The van der Waals surface area contributed by atoms with Crippen LogP contribution in [0.5, 0.6) is 0 Å². The van der Waals surface area contributed by atoms with Gasteiger partial charge >= 0.3 is 0 Å². The second kappa shape index (κ2) is 3.43. The van der Waals surface area contributed by atoms with Gasteiger partial charge in [0.2, 0.25) is 0 Å². The van der Waals surface area contributed by atoms with Crippen LogP contribution in [0.25, 0.3) is 0 Å². The van der Waals surface area contributed by atoms with Gasteiger partial charge in [0.25, 0.3) is 0 Å². The molecular weight excluding hydrogens is 188 g/mol. The molecule has 0 bridgehead atoms. The molecule has 5 heteroatoms. The van der Waals surface area contributed by atoms with Crippen molar-refractivity contribution in [3.05, 3.63) is 0 Å². The van der Waals surface area contributed by atoms with Gasteiger partial charge in [0.1, 0.15) is 12.2 Å². The summed E-state index contributed by atoms with van der Waals surface area (Å²) in [6, 6.07) is 0. The predicted molar refractivity (Wildman–Crippen MR) is 46.4 cm³/mol. The molecule has 2 fully saturated rings. The second-order valence-corrected chi connectivity index (χ2v) is 4.15. The molecule has 2 aliphatic heterocycles. The molecule has 0 radical (unpaired) electrons. The van der Waals surface area contributed by atoms with Crippen LogP contribution in [-0.2, 0) is 14.2 Å². The molecule has 0 saturated carbocycles. The summed E-state index contributed by atoms with van der Waals surface area (Å²) in [5.41, 5.74) is 0. The number of hydrogen-bond donors (Lipinski definition) is 2. The minimum Gasteiger partial charge on any atom is -0.396 e. The Morgan fingerprint density at radius 1 is 1.29 bits per heavy atom. The van der Waals surface area contributed by atoms with Crippen LogP contribution in [0.2, 0.25) is 0 Å². The van der Waals surface area contributed by atoms with Gasteiger partial charge in [0.15, 0.2) is 12.1 Å². The van der Waals surface area contributed by atoms with Gasteiger partial charge in [-0.25, -0.2) is 0 Å². The smallest absolute Gasteiger partial charge is 0.190 e. The third-order valence-corrected chi connectivity index (χ3v) is 2.53. The summed E-state index contributed by atoms with van der Waals surface area (Å²) in [6.07, 6.45) is -1.63. The van der Waals surface area contributed by atoms with Gasteiger partial charge < -0.3 is 24.4 Å². The van der Waals surface area contributed by atoms with Crippen molar-refractivity contribution >= 4 is 0 Å². The van der Waals surface area contributed by atoms with Crippen molar-refractivity contribution in [2.75, 3.05) is 6.61 Å². The predicted octanol–water partition coefficient (Wildman–Crippen LogP) is -0.394. The first-order chi connectivity index (χ1) is 6.53. The van der Waals surface area contributed by atoms with Gasteiger partial charge in [-0.3, -0.25) is 0 Å². The van der Waals surface area contributed by atoms with E-state index in [2.05, 4.69) is 0 Å². The summed E-state index contributed by atoms with van der Waals surface area (Å²) >= 11 is 0. The van der Waals surface area contributed by atoms with Crippen LogP contribution >= 0.6 is 0 Å². The molecule has 0 amide bonds. The van der Waals surface area contributed by atoms with E-state index < -0.39 is 24.3 Å². The normalized spacial score (nSPS) is 45.4. The van der Waals surface area contributed by atoms with Gasteiger partial charge in [0, 0.05) is 6.61 Å². The van der Waals surface area contributed by atoms with E-state index in [0.717, 1.165) is 0 Å². The fourth-order valence-corrected chi connectivity index (χ4v) is 1.92. The molecule has 0 spiro atoms. The van der Waals surface area contributed by atoms with Crippen LogP contribution in [0.4, 0.5) is 0 Å². The quantitative estimate of drug-likeness (QED) is 0.641. The first-order valence-corrected chi connectivity index (χ1v) is 4.83. The lowest BCUT2D eigenvalue weighted by atomic mass is 10.1. The molecule has 0 aromatic rings. The fraction of sp³-hybridized carbons (Fsp3) is 1.00. The van der Waals surface area contributed by atoms with Crippen LogP contribution in [-0.4, -0.2) is 47.2 Å². The van der Waals surface area contributed by atoms with Crippen molar-refractivity contribution in [2.24, 2.45) is 0 Å². The maximum absolute atomic E-state index is 9.78. The fourth-order valence-electron chi connectivity index (χ4n) is 1.92. The van der Waals surface area contributed by atoms with Gasteiger partial charge in [-0.05, 0) is 20.3 Å². The summed E-state index contributed by atoms with van der Waals surface area (Å²) in [4.78, 5) is 0. The Balaban J connectivity index is 2.00. The van der Waals surface area contributed by atoms with Crippen LogP contribution in [0.1, 0.15) is 20.3 Å². The highest BCUT2D eigenvalue weighted by Crippen LogP contribution is 2.37. The van der Waals surface area contributed by atoms with Crippen LogP contribution in [0.3, 0.4) is 0 Å². The van der Waals surface area contributed by atoms with E-state index >= 15 is 0 Å². The highest BCUT2D eigenvalue weighted by atomic mass is 16.8. The minimum absolute atomic E-state index is 0.00937. The maximum atomic E-state index is 9.78. The molecular formula is C9H16O5. The SMILES string of the molecule is CC1(C)OC2[C@H](O[C@H](CCO)[C@H]2O)O1. The summed E-state index contributed by atoms with van der Waals surface area (Å²) < 4.78 is 16.3.